The van der Waals surface area contributed by atoms with Crippen LogP contribution < -0.4 is 5.32 Å². The van der Waals surface area contributed by atoms with Crippen molar-refractivity contribution < 1.29 is 13.2 Å². The van der Waals surface area contributed by atoms with E-state index in [0.717, 1.165) is 25.7 Å². The number of amides is 1. The van der Waals surface area contributed by atoms with Crippen molar-refractivity contribution in [2.45, 2.75) is 74.1 Å². The van der Waals surface area contributed by atoms with E-state index < -0.39 is 20.8 Å². The van der Waals surface area contributed by atoms with Gasteiger partial charge in [0.1, 0.15) is 10.4 Å². The third-order valence-corrected chi connectivity index (χ3v) is 8.28. The van der Waals surface area contributed by atoms with Gasteiger partial charge in [0.05, 0.1) is 16.3 Å². The van der Waals surface area contributed by atoms with Crippen LogP contribution in [0.5, 0.6) is 0 Å². The molecule has 1 saturated heterocycles. The Morgan fingerprint density at radius 1 is 1.24 bits per heavy atom. The van der Waals surface area contributed by atoms with E-state index in [1.165, 1.54) is 22.3 Å². The molecular formula is C20H30N4O3S2. The number of aromatic nitrogens is 1. The van der Waals surface area contributed by atoms with Crippen molar-refractivity contribution in [1.82, 2.24) is 14.6 Å². The second-order valence-electron chi connectivity index (χ2n) is 7.87. The molecule has 2 heterocycles. The minimum atomic E-state index is -3.54. The highest BCUT2D eigenvalue weighted by Gasteiger charge is 2.32. The Hall–Kier alpha value is -1.63. The average Bonchev–Trinajstić information content (AvgIpc) is 2.98. The first-order valence-corrected chi connectivity index (χ1v) is 12.3. The molecule has 1 aromatic rings. The number of rotatable bonds is 7. The van der Waals surface area contributed by atoms with E-state index in [1.807, 2.05) is 13.8 Å². The summed E-state index contributed by atoms with van der Waals surface area (Å²) >= 11 is 1.23. The van der Waals surface area contributed by atoms with Crippen LogP contribution in [0.15, 0.2) is 28.3 Å². The van der Waals surface area contributed by atoms with Crippen molar-refractivity contribution in [2.75, 3.05) is 13.1 Å². The summed E-state index contributed by atoms with van der Waals surface area (Å²) in [5.74, 6) is -0.286. The molecule has 1 amide bonds. The van der Waals surface area contributed by atoms with Crippen molar-refractivity contribution in [3.8, 4) is 6.07 Å². The molecule has 0 saturated carbocycles. The molecule has 0 unspecified atom stereocenters. The lowest BCUT2D eigenvalue weighted by atomic mass is 9.90. The summed E-state index contributed by atoms with van der Waals surface area (Å²) in [5, 5.41) is 12.2. The maximum Gasteiger partial charge on any atom is 0.244 e. The van der Waals surface area contributed by atoms with Crippen LogP contribution >= 0.6 is 11.8 Å². The molecule has 29 heavy (non-hydrogen) atoms. The highest BCUT2D eigenvalue weighted by Crippen LogP contribution is 2.25. The number of sulfonamides is 1. The van der Waals surface area contributed by atoms with Crippen LogP contribution in [0.3, 0.4) is 0 Å². The summed E-state index contributed by atoms with van der Waals surface area (Å²) < 4.78 is 27.2. The monoisotopic (exact) mass is 438 g/mol. The van der Waals surface area contributed by atoms with Gasteiger partial charge in [-0.15, -0.1) is 0 Å². The predicted octanol–water partition coefficient (Wildman–Crippen LogP) is 3.18. The summed E-state index contributed by atoms with van der Waals surface area (Å²) in [5.41, 5.74) is -0.940. The third-order valence-electron chi connectivity index (χ3n) is 5.35. The molecule has 7 nitrogen and oxygen atoms in total. The maximum atomic E-state index is 12.8. The smallest absolute Gasteiger partial charge is 0.244 e. The van der Waals surface area contributed by atoms with E-state index in [2.05, 4.69) is 16.4 Å². The number of thioether (sulfide) groups is 1. The lowest BCUT2D eigenvalue weighted by molar-refractivity contribution is -0.121. The molecule has 1 N–H and O–H groups in total. The molecule has 0 bridgehead atoms. The average molecular weight is 439 g/mol. The van der Waals surface area contributed by atoms with Crippen LogP contribution in [-0.2, 0) is 14.8 Å². The van der Waals surface area contributed by atoms with Gasteiger partial charge in [0.25, 0.3) is 0 Å². The first-order chi connectivity index (χ1) is 13.6. The number of carbonyl (C=O) groups excluding carboxylic acids is 1. The highest BCUT2D eigenvalue weighted by atomic mass is 32.2. The predicted molar refractivity (Wildman–Crippen MR) is 114 cm³/mol. The second-order valence-corrected chi connectivity index (χ2v) is 11.2. The van der Waals surface area contributed by atoms with Gasteiger partial charge in [0.2, 0.25) is 15.9 Å². The van der Waals surface area contributed by atoms with E-state index in [4.69, 9.17) is 0 Å². The molecule has 1 aliphatic heterocycles. The number of pyridine rings is 1. The number of nitriles is 1. The molecule has 1 aromatic heterocycles. The standard InChI is InChI=1S/C20H30N4O3S2/c1-15(2)20(4,14-21)23-19(25)16(3)28-18-10-9-17(13-22-18)29(26,27)24-11-7-5-6-8-12-24/h9-10,13,15-16H,5-8,11-12H2,1-4H3,(H,23,25)/t16-,20-/m0/s1. The Kier molecular flexibility index (Phi) is 8.09. The normalized spacial score (nSPS) is 19.0. The lowest BCUT2D eigenvalue weighted by Gasteiger charge is -2.28. The fourth-order valence-corrected chi connectivity index (χ4v) is 5.17. The maximum absolute atomic E-state index is 12.8. The van der Waals surface area contributed by atoms with Crippen molar-refractivity contribution in [3.05, 3.63) is 18.3 Å². The van der Waals surface area contributed by atoms with Gasteiger partial charge in [0.15, 0.2) is 0 Å². The number of hydrogen-bond donors (Lipinski definition) is 1. The molecule has 9 heteroatoms. The molecule has 1 fully saturated rings. The number of nitrogens with zero attached hydrogens (tertiary/aromatic N) is 3. The van der Waals surface area contributed by atoms with Crippen LogP contribution in [0, 0.1) is 17.2 Å². The molecule has 2 atom stereocenters. The summed E-state index contributed by atoms with van der Waals surface area (Å²) in [4.78, 5) is 16.9. The number of hydrogen-bond acceptors (Lipinski definition) is 6. The molecule has 2 rings (SSSR count). The molecule has 160 valence electrons. The van der Waals surface area contributed by atoms with Gasteiger partial charge in [-0.3, -0.25) is 4.79 Å². The van der Waals surface area contributed by atoms with Gasteiger partial charge < -0.3 is 5.32 Å². The van der Waals surface area contributed by atoms with E-state index in [1.54, 1.807) is 26.0 Å². The minimum Gasteiger partial charge on any atom is -0.337 e. The van der Waals surface area contributed by atoms with Gasteiger partial charge in [0, 0.05) is 19.3 Å². The summed E-state index contributed by atoms with van der Waals surface area (Å²) in [6.45, 7) is 8.29. The Labute approximate surface area is 178 Å². The van der Waals surface area contributed by atoms with E-state index >= 15 is 0 Å². The molecular weight excluding hydrogens is 408 g/mol. The van der Waals surface area contributed by atoms with Gasteiger partial charge in [-0.05, 0) is 44.7 Å². The second kappa shape index (κ2) is 9.92. The number of nitrogens with one attached hydrogen (secondary N) is 1. The van der Waals surface area contributed by atoms with Gasteiger partial charge in [-0.25, -0.2) is 13.4 Å². The molecule has 1 aliphatic rings. The number of carbonyl (C=O) groups is 1. The molecule has 0 aromatic carbocycles. The van der Waals surface area contributed by atoms with Crippen LogP contribution in [0.4, 0.5) is 0 Å². The van der Waals surface area contributed by atoms with E-state index in [0.29, 0.717) is 18.1 Å². The fraction of sp³-hybridized carbons (Fsp3) is 0.650. The molecule has 0 spiro atoms. The first kappa shape index (κ1) is 23.6. The van der Waals surface area contributed by atoms with Gasteiger partial charge in [-0.1, -0.05) is 38.5 Å². The molecule has 0 aliphatic carbocycles. The van der Waals surface area contributed by atoms with Crippen LogP contribution in [0.1, 0.15) is 53.4 Å². The van der Waals surface area contributed by atoms with Crippen LogP contribution in [0.2, 0.25) is 0 Å². The van der Waals surface area contributed by atoms with E-state index in [9.17, 15) is 18.5 Å². The van der Waals surface area contributed by atoms with Gasteiger partial charge in [-0.2, -0.15) is 9.57 Å². The van der Waals surface area contributed by atoms with E-state index in [-0.39, 0.29) is 16.7 Å². The fourth-order valence-electron chi connectivity index (χ4n) is 2.91. The summed E-state index contributed by atoms with van der Waals surface area (Å²) in [6, 6.07) is 5.34. The Bertz CT molecular complexity index is 841. The summed E-state index contributed by atoms with van der Waals surface area (Å²) in [7, 11) is -3.54. The van der Waals surface area contributed by atoms with Gasteiger partial charge >= 0.3 is 0 Å². The van der Waals surface area contributed by atoms with Crippen molar-refractivity contribution >= 4 is 27.7 Å². The van der Waals surface area contributed by atoms with Crippen molar-refractivity contribution in [2.24, 2.45) is 5.92 Å². The highest BCUT2D eigenvalue weighted by molar-refractivity contribution is 8.00. The molecule has 0 radical (unpaired) electrons. The topological polar surface area (TPSA) is 103 Å². The van der Waals surface area contributed by atoms with Crippen LogP contribution in [-0.4, -0.2) is 47.5 Å². The SMILES string of the molecule is CC(C)[C@](C)(C#N)NC(=O)[C@H](C)Sc1ccc(S(=O)(=O)N2CCCCCC2)cn1. The Morgan fingerprint density at radius 3 is 2.34 bits per heavy atom. The summed E-state index contributed by atoms with van der Waals surface area (Å²) in [6.07, 6.45) is 5.24. The Balaban J connectivity index is 2.04. The third kappa shape index (κ3) is 5.93. The quantitative estimate of drug-likeness (QED) is 0.656. The van der Waals surface area contributed by atoms with Crippen LogP contribution in [0.25, 0.3) is 0 Å². The lowest BCUT2D eigenvalue weighted by Crippen LogP contribution is -2.51. The van der Waals surface area contributed by atoms with Crippen molar-refractivity contribution in [1.29, 1.82) is 5.26 Å². The largest absolute Gasteiger partial charge is 0.337 e. The first-order valence-electron chi connectivity index (χ1n) is 9.96. The minimum absolute atomic E-state index is 0.0322. The van der Waals surface area contributed by atoms with Crippen molar-refractivity contribution in [3.63, 3.8) is 0 Å². The zero-order valence-electron chi connectivity index (χ0n) is 17.5. The Morgan fingerprint density at radius 2 is 1.86 bits per heavy atom. The zero-order chi connectivity index (χ0) is 21.7. The zero-order valence-corrected chi connectivity index (χ0v) is 19.1.